The number of benzene rings is 1. The highest BCUT2D eigenvalue weighted by atomic mass is 35.5. The molecule has 2 rings (SSSR count). The molecule has 0 unspecified atom stereocenters. The number of halogens is 1. The zero-order valence-corrected chi connectivity index (χ0v) is 17.2. The van der Waals surface area contributed by atoms with E-state index in [0.717, 1.165) is 0 Å². The Hall–Kier alpha value is -3.46. The minimum Gasteiger partial charge on any atom is -0.438 e. The number of aromatic nitrogens is 1. The van der Waals surface area contributed by atoms with Gasteiger partial charge in [-0.1, -0.05) is 24.6 Å². The van der Waals surface area contributed by atoms with Gasteiger partial charge >= 0.3 is 12.0 Å². The first-order valence-electron chi connectivity index (χ1n) is 9.05. The molecule has 0 saturated carbocycles. The van der Waals surface area contributed by atoms with E-state index in [2.05, 4.69) is 20.8 Å². The molecule has 1 heterocycles. The Bertz CT molecular complexity index is 948. The van der Waals surface area contributed by atoms with Crippen LogP contribution in [0.3, 0.4) is 0 Å². The zero-order valence-electron chi connectivity index (χ0n) is 16.5. The number of rotatable bonds is 8. The molecule has 1 aromatic carbocycles. The van der Waals surface area contributed by atoms with Crippen molar-refractivity contribution in [1.82, 2.24) is 10.4 Å². The van der Waals surface area contributed by atoms with Gasteiger partial charge in [0.1, 0.15) is 5.69 Å². The maximum atomic E-state index is 12.1. The summed E-state index contributed by atoms with van der Waals surface area (Å²) in [4.78, 5) is 39.6. The summed E-state index contributed by atoms with van der Waals surface area (Å²) in [7, 11) is 0. The van der Waals surface area contributed by atoms with E-state index in [1.165, 1.54) is 13.1 Å². The number of urea groups is 1. The van der Waals surface area contributed by atoms with E-state index in [-0.39, 0.29) is 29.4 Å². The number of ketones is 1. The van der Waals surface area contributed by atoms with Crippen LogP contribution in [0.25, 0.3) is 0 Å². The van der Waals surface area contributed by atoms with Crippen molar-refractivity contribution in [2.24, 2.45) is 5.10 Å². The number of nitrogens with one attached hydrogen (secondary N) is 2. The van der Waals surface area contributed by atoms with Gasteiger partial charge in [-0.25, -0.2) is 10.2 Å². The number of carbonyl (C=O) groups is 3. The largest absolute Gasteiger partial charge is 0.438 e. The van der Waals surface area contributed by atoms with Gasteiger partial charge in [-0.15, -0.1) is 5.10 Å². The Balaban J connectivity index is 2.16. The molecule has 0 atom stereocenters. The molecule has 0 bridgehead atoms. The van der Waals surface area contributed by atoms with Crippen LogP contribution >= 0.6 is 11.6 Å². The third-order valence-corrected chi connectivity index (χ3v) is 3.82. The Morgan fingerprint density at radius 3 is 2.67 bits per heavy atom. The number of amides is 2. The molecule has 2 N–H and O–H groups in total. The monoisotopic (exact) mass is 432 g/mol. The van der Waals surface area contributed by atoms with Crippen molar-refractivity contribution in [3.8, 4) is 0 Å². The Kier molecular flexibility index (Phi) is 8.76. The summed E-state index contributed by atoms with van der Waals surface area (Å²) in [6.45, 7) is 2.73. The van der Waals surface area contributed by atoms with Gasteiger partial charge in [0.2, 0.25) is 12.7 Å². The normalized spacial score (nSPS) is 10.8. The fourth-order valence-electron chi connectivity index (χ4n) is 2.28. The predicted molar refractivity (Wildman–Crippen MR) is 111 cm³/mol. The van der Waals surface area contributed by atoms with Gasteiger partial charge < -0.3 is 14.8 Å². The standard InChI is InChI=1S/C20H21ClN4O5/c1-3-6-17(27)29-12-30-19(16-9-5-10-22-18(16)13(2)26)24-25-20(28)23-15-8-4-7-14(21)11-15/h4-5,7-11H,3,6,12H2,1-2H3,(H2,23,25,28). The molecule has 0 spiro atoms. The zero-order chi connectivity index (χ0) is 21.9. The fourth-order valence-corrected chi connectivity index (χ4v) is 2.47. The molecule has 0 radical (unpaired) electrons. The van der Waals surface area contributed by atoms with Gasteiger partial charge in [0.25, 0.3) is 0 Å². The number of carbonyl (C=O) groups excluding carboxylic acids is 3. The van der Waals surface area contributed by atoms with Crippen LogP contribution in [-0.4, -0.2) is 35.5 Å². The number of nitrogens with zero attached hydrogens (tertiary/aromatic N) is 2. The first-order valence-corrected chi connectivity index (χ1v) is 9.43. The lowest BCUT2D eigenvalue weighted by molar-refractivity contribution is -0.150. The number of hydrogen-bond acceptors (Lipinski definition) is 7. The highest BCUT2D eigenvalue weighted by Crippen LogP contribution is 2.14. The molecule has 0 fully saturated rings. The summed E-state index contributed by atoms with van der Waals surface area (Å²) >= 11 is 5.89. The van der Waals surface area contributed by atoms with Crippen molar-refractivity contribution in [3.05, 3.63) is 58.9 Å². The van der Waals surface area contributed by atoms with Crippen LogP contribution in [0.5, 0.6) is 0 Å². The number of hydrazone groups is 1. The molecule has 9 nitrogen and oxygen atoms in total. The lowest BCUT2D eigenvalue weighted by Gasteiger charge is -2.12. The lowest BCUT2D eigenvalue weighted by atomic mass is 10.1. The van der Waals surface area contributed by atoms with E-state index in [1.807, 2.05) is 6.92 Å². The van der Waals surface area contributed by atoms with Gasteiger partial charge in [0.05, 0.1) is 5.56 Å². The summed E-state index contributed by atoms with van der Waals surface area (Å²) in [6, 6.07) is 9.01. The number of anilines is 1. The second-order valence-electron chi connectivity index (χ2n) is 5.98. The third kappa shape index (κ3) is 7.17. The maximum absolute atomic E-state index is 12.1. The predicted octanol–water partition coefficient (Wildman–Crippen LogP) is 3.74. The van der Waals surface area contributed by atoms with Crippen molar-refractivity contribution >= 4 is 41.0 Å². The Morgan fingerprint density at radius 1 is 1.17 bits per heavy atom. The fraction of sp³-hybridized carbons (Fsp3) is 0.250. The highest BCUT2D eigenvalue weighted by Gasteiger charge is 2.17. The number of pyridine rings is 1. The second-order valence-corrected chi connectivity index (χ2v) is 6.41. The molecule has 10 heteroatoms. The molecule has 0 saturated heterocycles. The van der Waals surface area contributed by atoms with Crippen molar-refractivity contribution in [3.63, 3.8) is 0 Å². The van der Waals surface area contributed by atoms with Crippen LogP contribution in [0.4, 0.5) is 10.5 Å². The van der Waals surface area contributed by atoms with Crippen molar-refractivity contribution in [2.75, 3.05) is 12.1 Å². The van der Waals surface area contributed by atoms with Crippen molar-refractivity contribution < 1.29 is 23.9 Å². The van der Waals surface area contributed by atoms with E-state index < -0.39 is 18.8 Å². The van der Waals surface area contributed by atoms with Gasteiger partial charge in [-0.05, 0) is 36.8 Å². The highest BCUT2D eigenvalue weighted by molar-refractivity contribution is 6.30. The average Bonchev–Trinajstić information content (AvgIpc) is 2.70. The molecule has 0 aliphatic heterocycles. The summed E-state index contributed by atoms with van der Waals surface area (Å²) in [5, 5.41) is 6.92. The van der Waals surface area contributed by atoms with E-state index in [1.54, 1.807) is 36.4 Å². The lowest BCUT2D eigenvalue weighted by Crippen LogP contribution is -2.27. The van der Waals surface area contributed by atoms with Gasteiger partial charge in [0, 0.05) is 30.3 Å². The second kappa shape index (κ2) is 11.5. The van der Waals surface area contributed by atoms with Crippen LogP contribution in [0.2, 0.25) is 5.02 Å². The molecule has 2 aromatic rings. The van der Waals surface area contributed by atoms with Crippen LogP contribution in [0.15, 0.2) is 47.7 Å². The molecule has 0 aliphatic rings. The Labute approximate surface area is 178 Å². The topological polar surface area (TPSA) is 119 Å². The molecule has 30 heavy (non-hydrogen) atoms. The first kappa shape index (κ1) is 22.8. The van der Waals surface area contributed by atoms with E-state index >= 15 is 0 Å². The van der Waals surface area contributed by atoms with Crippen molar-refractivity contribution in [2.45, 2.75) is 26.7 Å². The summed E-state index contributed by atoms with van der Waals surface area (Å²) in [6.07, 6.45) is 2.31. The first-order chi connectivity index (χ1) is 14.4. The summed E-state index contributed by atoms with van der Waals surface area (Å²) in [5.74, 6) is -0.909. The van der Waals surface area contributed by atoms with E-state index in [9.17, 15) is 14.4 Å². The SMILES string of the molecule is CCCC(=O)OCOC(=NNC(=O)Nc1cccc(Cl)c1)c1cccnc1C(C)=O. The number of hydrogen-bond donors (Lipinski definition) is 2. The minimum atomic E-state index is -0.672. The number of ether oxygens (including phenoxy) is 2. The van der Waals surface area contributed by atoms with E-state index in [4.69, 9.17) is 21.1 Å². The molecule has 2 amide bonds. The molecular formula is C20H21ClN4O5. The molecule has 158 valence electrons. The van der Waals surface area contributed by atoms with Crippen LogP contribution in [-0.2, 0) is 14.3 Å². The van der Waals surface area contributed by atoms with Gasteiger partial charge in [-0.2, -0.15) is 0 Å². The van der Waals surface area contributed by atoms with Crippen LogP contribution in [0.1, 0.15) is 42.7 Å². The molecule has 0 aliphatic carbocycles. The van der Waals surface area contributed by atoms with Gasteiger partial charge in [0.15, 0.2) is 5.78 Å². The van der Waals surface area contributed by atoms with Gasteiger partial charge in [-0.3, -0.25) is 14.6 Å². The number of esters is 1. The maximum Gasteiger partial charge on any atom is 0.339 e. The summed E-state index contributed by atoms with van der Waals surface area (Å²) in [5.41, 5.74) is 3.05. The Morgan fingerprint density at radius 2 is 1.97 bits per heavy atom. The third-order valence-electron chi connectivity index (χ3n) is 3.58. The van der Waals surface area contributed by atoms with E-state index in [0.29, 0.717) is 17.1 Å². The minimum absolute atomic E-state index is 0.0909. The van der Waals surface area contributed by atoms with Crippen molar-refractivity contribution in [1.29, 1.82) is 0 Å². The molecular weight excluding hydrogens is 412 g/mol. The summed E-state index contributed by atoms with van der Waals surface area (Å²) < 4.78 is 10.4. The average molecular weight is 433 g/mol. The number of Topliss-reactive ketones (excluding diaryl/α,β-unsaturated/α-hetero) is 1. The quantitative estimate of drug-likeness (QED) is 0.164. The van der Waals surface area contributed by atoms with Crippen LogP contribution in [0, 0.1) is 0 Å². The smallest absolute Gasteiger partial charge is 0.339 e. The van der Waals surface area contributed by atoms with Crippen LogP contribution < -0.4 is 10.7 Å². The molecule has 1 aromatic heterocycles.